The SMILES string of the molecule is CCCCCCCCCCCCCCCCC=C/[P+]([O-])=C(\O)C(O)CO. The molecule has 0 bridgehead atoms. The summed E-state index contributed by atoms with van der Waals surface area (Å²) in [7, 11) is -2.10. The smallest absolute Gasteiger partial charge is 0.255 e. The van der Waals surface area contributed by atoms with Crippen LogP contribution in [0.2, 0.25) is 0 Å². The Morgan fingerprint density at radius 2 is 1.27 bits per heavy atom. The minimum Gasteiger partial charge on any atom is -0.624 e. The summed E-state index contributed by atoms with van der Waals surface area (Å²) in [6, 6.07) is 0. The molecule has 5 heteroatoms. The molecule has 2 unspecified atom stereocenters. The fourth-order valence-electron chi connectivity index (χ4n) is 2.93. The Balaban J connectivity index is 3.38. The van der Waals surface area contributed by atoms with Gasteiger partial charge in [-0.1, -0.05) is 90.4 Å². The van der Waals surface area contributed by atoms with E-state index in [0.717, 1.165) is 12.8 Å². The summed E-state index contributed by atoms with van der Waals surface area (Å²) in [6.45, 7) is 1.65. The number of rotatable bonds is 18. The second-order valence-corrected chi connectivity index (χ2v) is 8.56. The van der Waals surface area contributed by atoms with E-state index in [4.69, 9.17) is 5.11 Å². The zero-order valence-corrected chi connectivity index (χ0v) is 17.6. The molecular formula is C21H41O4P. The minimum absolute atomic E-state index is 0.542. The molecule has 0 saturated heterocycles. The Kier molecular flexibility index (Phi) is 19.3. The van der Waals surface area contributed by atoms with Gasteiger partial charge in [0, 0.05) is 0 Å². The van der Waals surface area contributed by atoms with Crippen LogP contribution in [0.3, 0.4) is 0 Å². The molecule has 4 nitrogen and oxygen atoms in total. The van der Waals surface area contributed by atoms with Crippen molar-refractivity contribution in [3.8, 4) is 0 Å². The highest BCUT2D eigenvalue weighted by atomic mass is 31.1. The molecule has 0 aliphatic heterocycles. The van der Waals surface area contributed by atoms with Crippen molar-refractivity contribution in [2.24, 2.45) is 0 Å². The Labute approximate surface area is 161 Å². The predicted molar refractivity (Wildman–Crippen MR) is 111 cm³/mol. The van der Waals surface area contributed by atoms with Crippen molar-refractivity contribution in [2.45, 2.75) is 109 Å². The second-order valence-electron chi connectivity index (χ2n) is 7.15. The van der Waals surface area contributed by atoms with Gasteiger partial charge in [0.15, 0.2) is 6.10 Å². The van der Waals surface area contributed by atoms with Crippen molar-refractivity contribution in [2.75, 3.05) is 6.61 Å². The van der Waals surface area contributed by atoms with E-state index in [1.165, 1.54) is 89.3 Å². The van der Waals surface area contributed by atoms with Gasteiger partial charge in [0.25, 0.3) is 5.48 Å². The molecule has 0 rings (SSSR count). The number of aliphatic hydroxyl groups excluding tert-OH is 3. The van der Waals surface area contributed by atoms with Crippen LogP contribution >= 0.6 is 7.77 Å². The summed E-state index contributed by atoms with van der Waals surface area (Å²) in [5.74, 6) is 1.42. The third kappa shape index (κ3) is 16.0. The molecule has 0 aliphatic carbocycles. The summed E-state index contributed by atoms with van der Waals surface area (Å²) in [5, 5.41) is 27.2. The van der Waals surface area contributed by atoms with Crippen LogP contribution in [-0.4, -0.2) is 33.5 Å². The van der Waals surface area contributed by atoms with Gasteiger partial charge in [-0.05, 0) is 18.9 Å². The van der Waals surface area contributed by atoms with Crippen molar-refractivity contribution in [1.82, 2.24) is 0 Å². The van der Waals surface area contributed by atoms with E-state index < -0.39 is 26.0 Å². The van der Waals surface area contributed by atoms with Crippen LogP contribution < -0.4 is 4.89 Å². The Morgan fingerprint density at radius 3 is 1.69 bits per heavy atom. The van der Waals surface area contributed by atoms with Crippen molar-refractivity contribution >= 4 is 13.3 Å². The molecule has 26 heavy (non-hydrogen) atoms. The molecule has 0 heterocycles. The maximum atomic E-state index is 11.6. The zero-order valence-electron chi connectivity index (χ0n) is 16.7. The fourth-order valence-corrected chi connectivity index (χ4v) is 3.80. The van der Waals surface area contributed by atoms with Crippen LogP contribution in [0.25, 0.3) is 0 Å². The molecular weight excluding hydrogens is 347 g/mol. The average Bonchev–Trinajstić information content (AvgIpc) is 2.66. The topological polar surface area (TPSA) is 83.8 Å². The maximum Gasteiger partial charge on any atom is 0.255 e. The fraction of sp³-hybridized carbons (Fsp3) is 0.857. The van der Waals surface area contributed by atoms with E-state index >= 15 is 0 Å². The first-order chi connectivity index (χ1) is 12.6. The first-order valence-corrected chi connectivity index (χ1v) is 11.9. The van der Waals surface area contributed by atoms with Gasteiger partial charge >= 0.3 is 0 Å². The number of unbranched alkanes of at least 4 members (excludes halogenated alkanes) is 14. The lowest BCUT2D eigenvalue weighted by atomic mass is 10.0. The molecule has 0 aromatic heterocycles. The Hall–Kier alpha value is -0.250. The largest absolute Gasteiger partial charge is 0.624 e. The van der Waals surface area contributed by atoms with E-state index in [1.807, 2.05) is 0 Å². The Bertz CT molecular complexity index is 369. The molecule has 0 aliphatic rings. The molecule has 2 atom stereocenters. The van der Waals surface area contributed by atoms with Gasteiger partial charge in [-0.15, -0.1) is 0 Å². The standard InChI is InChI=1S/C21H41O4P/c1-2-3-4-5-6-7-8-9-10-11-12-13-14-15-16-17-18-26(25)21(24)20(23)19-22/h17-18,20,22-24H,2-16,19H2,1H3. The second kappa shape index (κ2) is 19.5. The van der Waals surface area contributed by atoms with Crippen molar-refractivity contribution < 1.29 is 20.2 Å². The number of aliphatic hydroxyl groups is 3. The summed E-state index contributed by atoms with van der Waals surface area (Å²) < 4.78 is 0. The van der Waals surface area contributed by atoms with Gasteiger partial charge < -0.3 is 20.2 Å². The van der Waals surface area contributed by atoms with Crippen molar-refractivity contribution in [3.05, 3.63) is 11.9 Å². The number of hydrogen-bond acceptors (Lipinski definition) is 3. The molecule has 0 spiro atoms. The van der Waals surface area contributed by atoms with E-state index in [9.17, 15) is 15.1 Å². The predicted octanol–water partition coefficient (Wildman–Crippen LogP) is 4.98. The van der Waals surface area contributed by atoms with Gasteiger partial charge in [0.1, 0.15) is 13.6 Å². The summed E-state index contributed by atoms with van der Waals surface area (Å²) in [4.78, 5) is 11.6. The van der Waals surface area contributed by atoms with Gasteiger partial charge in [-0.3, -0.25) is 0 Å². The average molecular weight is 389 g/mol. The summed E-state index contributed by atoms with van der Waals surface area (Å²) in [6.07, 6.45) is 19.8. The zero-order chi connectivity index (χ0) is 19.5. The van der Waals surface area contributed by atoms with Crippen LogP contribution in [0, 0.1) is 0 Å². The van der Waals surface area contributed by atoms with Crippen LogP contribution in [-0.2, 0) is 0 Å². The minimum atomic E-state index is -2.10. The molecule has 0 fully saturated rings. The lowest BCUT2D eigenvalue weighted by Gasteiger charge is -2.03. The normalized spacial score (nSPS) is 14.0. The molecule has 0 amide bonds. The lowest BCUT2D eigenvalue weighted by Crippen LogP contribution is -2.24. The van der Waals surface area contributed by atoms with Crippen LogP contribution in [0.4, 0.5) is 0 Å². The van der Waals surface area contributed by atoms with E-state index in [2.05, 4.69) is 6.92 Å². The Morgan fingerprint density at radius 1 is 0.846 bits per heavy atom. The summed E-state index contributed by atoms with van der Waals surface area (Å²) >= 11 is 0. The molecule has 0 aromatic rings. The molecule has 3 N–H and O–H groups in total. The van der Waals surface area contributed by atoms with Crippen LogP contribution in [0.1, 0.15) is 103 Å². The highest BCUT2D eigenvalue weighted by Gasteiger charge is 2.15. The van der Waals surface area contributed by atoms with Crippen LogP contribution in [0.15, 0.2) is 11.9 Å². The molecule has 0 saturated carbocycles. The number of allylic oxidation sites excluding steroid dienone is 1. The van der Waals surface area contributed by atoms with Crippen LogP contribution in [0.5, 0.6) is 0 Å². The van der Waals surface area contributed by atoms with Crippen molar-refractivity contribution in [3.63, 3.8) is 0 Å². The van der Waals surface area contributed by atoms with Crippen molar-refractivity contribution in [1.29, 1.82) is 0 Å². The van der Waals surface area contributed by atoms with E-state index in [0.29, 0.717) is 0 Å². The number of hydrogen-bond donors (Lipinski definition) is 3. The molecule has 154 valence electrons. The quantitative estimate of drug-likeness (QED) is 0.228. The monoisotopic (exact) mass is 388 g/mol. The van der Waals surface area contributed by atoms with Gasteiger partial charge in [-0.2, -0.15) is 0 Å². The molecule has 0 radical (unpaired) electrons. The highest BCUT2D eigenvalue weighted by Crippen LogP contribution is 2.18. The lowest BCUT2D eigenvalue weighted by molar-refractivity contribution is -0.151. The van der Waals surface area contributed by atoms with E-state index in [1.54, 1.807) is 6.08 Å². The highest BCUT2D eigenvalue weighted by molar-refractivity contribution is 7.54. The molecule has 0 aromatic carbocycles. The summed E-state index contributed by atoms with van der Waals surface area (Å²) in [5.41, 5.74) is -0.542. The third-order valence-corrected chi connectivity index (χ3v) is 5.89. The first-order valence-electron chi connectivity index (χ1n) is 10.6. The van der Waals surface area contributed by atoms with Gasteiger partial charge in [-0.25, -0.2) is 0 Å². The van der Waals surface area contributed by atoms with E-state index in [-0.39, 0.29) is 0 Å². The maximum absolute atomic E-state index is 11.6. The van der Waals surface area contributed by atoms with Gasteiger partial charge in [0.05, 0.1) is 6.61 Å². The first kappa shape index (κ1) is 25.8. The third-order valence-electron chi connectivity index (χ3n) is 4.66. The van der Waals surface area contributed by atoms with Gasteiger partial charge in [0.2, 0.25) is 0 Å².